The van der Waals surface area contributed by atoms with Gasteiger partial charge in [-0.05, 0) is 89.2 Å². The molecule has 4 aromatic carbocycles. The minimum absolute atomic E-state index is 0.417. The third-order valence-electron chi connectivity index (χ3n) is 12.5. The summed E-state index contributed by atoms with van der Waals surface area (Å²) in [5, 5.41) is 0. The minimum Gasteiger partial charge on any atom is -0.399 e. The van der Waals surface area contributed by atoms with E-state index in [1.807, 2.05) is 0 Å². The summed E-state index contributed by atoms with van der Waals surface area (Å²) in [6.45, 7) is 6.91. The van der Waals surface area contributed by atoms with Crippen molar-refractivity contribution >= 4 is 11.4 Å². The lowest BCUT2D eigenvalue weighted by Crippen LogP contribution is -2.07. The van der Waals surface area contributed by atoms with Gasteiger partial charge in [-0.1, -0.05) is 222 Å². The molecule has 56 heavy (non-hydrogen) atoms. The Morgan fingerprint density at radius 1 is 0.321 bits per heavy atom. The molecule has 2 heteroatoms. The molecular weight excluding hydrogens is 677 g/mol. The van der Waals surface area contributed by atoms with Crippen LogP contribution in [0.15, 0.2) is 97.1 Å². The lowest BCUT2D eigenvalue weighted by atomic mass is 9.82. The summed E-state index contributed by atoms with van der Waals surface area (Å²) in [6, 6.07) is 36.9. The fourth-order valence-corrected chi connectivity index (χ4v) is 8.85. The maximum Gasteiger partial charge on any atom is 0.0314 e. The van der Waals surface area contributed by atoms with Crippen molar-refractivity contribution in [1.82, 2.24) is 0 Å². The highest BCUT2D eigenvalue weighted by Crippen LogP contribution is 2.35. The SMILES string of the molecule is CCCCCCCCCC(c1ccc(N)cc1)c1ccc(CC(CCCCCCCC)c2ccc(C(CCCCCCCCC)c3ccc(N)cc3)cc2)cc1. The van der Waals surface area contributed by atoms with E-state index in [0.29, 0.717) is 17.8 Å². The molecule has 0 saturated heterocycles. The molecule has 0 aliphatic rings. The first-order valence-corrected chi connectivity index (χ1v) is 23.4. The van der Waals surface area contributed by atoms with E-state index in [0.717, 1.165) is 17.8 Å². The highest BCUT2D eigenvalue weighted by molar-refractivity contribution is 5.44. The molecule has 0 heterocycles. The van der Waals surface area contributed by atoms with Gasteiger partial charge in [-0.2, -0.15) is 0 Å². The topological polar surface area (TPSA) is 52.0 Å². The van der Waals surface area contributed by atoms with Crippen LogP contribution in [0.3, 0.4) is 0 Å². The highest BCUT2D eigenvalue weighted by Gasteiger charge is 2.19. The number of rotatable bonds is 30. The van der Waals surface area contributed by atoms with E-state index in [9.17, 15) is 0 Å². The van der Waals surface area contributed by atoms with Crippen molar-refractivity contribution in [3.63, 3.8) is 0 Å². The molecule has 4 rings (SSSR count). The molecule has 4 aromatic rings. The van der Waals surface area contributed by atoms with Gasteiger partial charge in [-0.15, -0.1) is 0 Å². The van der Waals surface area contributed by atoms with Crippen molar-refractivity contribution in [2.24, 2.45) is 0 Å². The van der Waals surface area contributed by atoms with Crippen molar-refractivity contribution in [2.45, 2.75) is 193 Å². The van der Waals surface area contributed by atoms with Gasteiger partial charge in [0.05, 0.1) is 0 Å². The first-order chi connectivity index (χ1) is 27.5. The maximum absolute atomic E-state index is 6.13. The molecule has 2 nitrogen and oxygen atoms in total. The predicted octanol–water partition coefficient (Wildman–Crippen LogP) is 16.5. The van der Waals surface area contributed by atoms with E-state index in [2.05, 4.69) is 118 Å². The van der Waals surface area contributed by atoms with Crippen LogP contribution in [-0.2, 0) is 6.42 Å². The zero-order chi connectivity index (χ0) is 39.6. The fourth-order valence-electron chi connectivity index (χ4n) is 8.85. The van der Waals surface area contributed by atoms with Crippen LogP contribution in [0.1, 0.15) is 220 Å². The number of nitrogen functional groups attached to an aromatic ring is 2. The molecule has 3 unspecified atom stereocenters. The summed E-state index contributed by atoms with van der Waals surface area (Å²) < 4.78 is 0. The summed E-state index contributed by atoms with van der Waals surface area (Å²) in [7, 11) is 0. The Morgan fingerprint density at radius 2 is 0.607 bits per heavy atom. The van der Waals surface area contributed by atoms with Crippen LogP contribution >= 0.6 is 0 Å². The third-order valence-corrected chi connectivity index (χ3v) is 12.5. The Kier molecular flexibility index (Phi) is 21.9. The van der Waals surface area contributed by atoms with E-state index in [1.54, 1.807) is 0 Å². The van der Waals surface area contributed by atoms with E-state index < -0.39 is 0 Å². The lowest BCUT2D eigenvalue weighted by Gasteiger charge is -2.22. The van der Waals surface area contributed by atoms with Gasteiger partial charge in [-0.3, -0.25) is 0 Å². The Hall–Kier alpha value is -3.52. The Morgan fingerprint density at radius 3 is 0.982 bits per heavy atom. The van der Waals surface area contributed by atoms with E-state index in [1.165, 1.54) is 181 Å². The van der Waals surface area contributed by atoms with Crippen molar-refractivity contribution in [1.29, 1.82) is 0 Å². The Bertz CT molecular complexity index is 1540. The van der Waals surface area contributed by atoms with Gasteiger partial charge in [0.25, 0.3) is 0 Å². The summed E-state index contributed by atoms with van der Waals surface area (Å²) in [6.07, 6.45) is 31.6. The van der Waals surface area contributed by atoms with Gasteiger partial charge in [0.15, 0.2) is 0 Å². The molecule has 0 aliphatic heterocycles. The summed E-state index contributed by atoms with van der Waals surface area (Å²) in [5.74, 6) is 1.36. The van der Waals surface area contributed by atoms with Crippen molar-refractivity contribution in [3.05, 3.63) is 130 Å². The average molecular weight is 757 g/mol. The first-order valence-electron chi connectivity index (χ1n) is 23.4. The molecule has 0 aromatic heterocycles. The van der Waals surface area contributed by atoms with Gasteiger partial charge < -0.3 is 11.5 Å². The van der Waals surface area contributed by atoms with Crippen molar-refractivity contribution in [2.75, 3.05) is 11.5 Å². The van der Waals surface area contributed by atoms with Crippen LogP contribution < -0.4 is 11.5 Å². The second-order valence-corrected chi connectivity index (χ2v) is 17.1. The van der Waals surface area contributed by atoms with Crippen LogP contribution in [0.25, 0.3) is 0 Å². The van der Waals surface area contributed by atoms with Gasteiger partial charge in [0.2, 0.25) is 0 Å². The molecule has 0 amide bonds. The maximum atomic E-state index is 6.13. The third kappa shape index (κ3) is 16.5. The second kappa shape index (κ2) is 27.2. The van der Waals surface area contributed by atoms with Crippen LogP contribution in [0, 0.1) is 0 Å². The van der Waals surface area contributed by atoms with E-state index >= 15 is 0 Å². The number of hydrogen-bond donors (Lipinski definition) is 2. The monoisotopic (exact) mass is 757 g/mol. The quantitative estimate of drug-likeness (QED) is 0.0411. The number of hydrogen-bond acceptors (Lipinski definition) is 2. The summed E-state index contributed by atoms with van der Waals surface area (Å²) >= 11 is 0. The molecule has 0 radical (unpaired) electrons. The predicted molar refractivity (Wildman–Crippen MR) is 248 cm³/mol. The van der Waals surface area contributed by atoms with E-state index in [-0.39, 0.29) is 0 Å². The van der Waals surface area contributed by atoms with Crippen molar-refractivity contribution < 1.29 is 0 Å². The number of benzene rings is 4. The molecule has 3 atom stereocenters. The van der Waals surface area contributed by atoms with Crippen LogP contribution in [0.2, 0.25) is 0 Å². The average Bonchev–Trinajstić information content (AvgIpc) is 3.22. The molecule has 0 spiro atoms. The van der Waals surface area contributed by atoms with Crippen LogP contribution in [0.5, 0.6) is 0 Å². The van der Waals surface area contributed by atoms with Crippen LogP contribution in [-0.4, -0.2) is 0 Å². The summed E-state index contributed by atoms with van der Waals surface area (Å²) in [4.78, 5) is 0. The second-order valence-electron chi connectivity index (χ2n) is 17.1. The van der Waals surface area contributed by atoms with Crippen LogP contribution in [0.4, 0.5) is 11.4 Å². The molecule has 0 fully saturated rings. The molecule has 0 saturated carbocycles. The minimum atomic E-state index is 0.417. The smallest absolute Gasteiger partial charge is 0.0314 e. The van der Waals surface area contributed by atoms with Gasteiger partial charge in [0.1, 0.15) is 0 Å². The van der Waals surface area contributed by atoms with Crippen molar-refractivity contribution in [3.8, 4) is 0 Å². The van der Waals surface area contributed by atoms with Gasteiger partial charge in [0, 0.05) is 23.2 Å². The zero-order valence-corrected chi connectivity index (χ0v) is 36.1. The first kappa shape index (κ1) is 45.2. The van der Waals surface area contributed by atoms with E-state index in [4.69, 9.17) is 11.5 Å². The standard InChI is InChI=1S/C54H80N2/c1-4-7-10-13-16-19-22-25-53(48-35-39-51(55)40-36-48)46-29-27-44(28-30-46)43-50(24-21-18-15-12-9-6-3)45-31-33-47(34-32-45)54(49-37-41-52(56)42-38-49)26-23-20-17-14-11-8-5-2/h27-42,50,53-54H,4-26,43,55-56H2,1-3H3. The molecule has 306 valence electrons. The largest absolute Gasteiger partial charge is 0.399 e. The summed E-state index contributed by atoms with van der Waals surface area (Å²) in [5.41, 5.74) is 22.6. The molecule has 4 N–H and O–H groups in total. The fraction of sp³-hybridized carbons (Fsp3) is 0.556. The van der Waals surface area contributed by atoms with Gasteiger partial charge >= 0.3 is 0 Å². The normalized spacial score (nSPS) is 13.1. The molecule has 0 bridgehead atoms. The number of nitrogens with two attached hydrogens (primary N) is 2. The van der Waals surface area contributed by atoms with Gasteiger partial charge in [-0.25, -0.2) is 0 Å². The lowest BCUT2D eigenvalue weighted by molar-refractivity contribution is 0.535. The molecular formula is C54H80N2. The zero-order valence-electron chi connectivity index (χ0n) is 36.1. The Balaban J connectivity index is 1.48. The number of anilines is 2. The highest BCUT2D eigenvalue weighted by atomic mass is 14.5. The number of unbranched alkanes of at least 4 members (excludes halogenated alkanes) is 17. The molecule has 0 aliphatic carbocycles. The Labute approximate surface area is 344 Å².